The molecule has 90 valence electrons. The number of halogens is 1. The summed E-state index contributed by atoms with van der Waals surface area (Å²) in [7, 11) is -3.14. The van der Waals surface area contributed by atoms with Crippen LogP contribution in [0.2, 0.25) is 0 Å². The fourth-order valence-corrected chi connectivity index (χ4v) is 3.23. The van der Waals surface area contributed by atoms with E-state index in [4.69, 9.17) is 9.05 Å². The predicted molar refractivity (Wildman–Crippen MR) is 69.4 cm³/mol. The van der Waals surface area contributed by atoms with Crippen LogP contribution in [0.5, 0.6) is 0 Å². The fraction of sp³-hybridized carbons (Fsp3) is 0.455. The van der Waals surface area contributed by atoms with Crippen molar-refractivity contribution in [3.63, 3.8) is 0 Å². The highest BCUT2D eigenvalue weighted by molar-refractivity contribution is 9.10. The van der Waals surface area contributed by atoms with Crippen LogP contribution in [0.25, 0.3) is 0 Å². The third-order valence-electron chi connectivity index (χ3n) is 2.06. The van der Waals surface area contributed by atoms with Gasteiger partial charge in [0.15, 0.2) is 0 Å². The van der Waals surface area contributed by atoms with Crippen LogP contribution in [0.4, 0.5) is 0 Å². The molecule has 5 heteroatoms. The maximum absolute atomic E-state index is 12.4. The number of hydrogen-bond acceptors (Lipinski definition) is 3. The molecule has 0 heterocycles. The van der Waals surface area contributed by atoms with Crippen LogP contribution in [-0.4, -0.2) is 13.2 Å². The van der Waals surface area contributed by atoms with Crippen LogP contribution < -0.4 is 5.30 Å². The first kappa shape index (κ1) is 13.9. The van der Waals surface area contributed by atoms with E-state index < -0.39 is 7.60 Å². The van der Waals surface area contributed by atoms with Gasteiger partial charge in [-0.1, -0.05) is 15.9 Å². The molecule has 0 bridgehead atoms. The molecule has 0 aliphatic heterocycles. The number of rotatable bonds is 5. The number of benzene rings is 1. The molecule has 0 saturated heterocycles. The van der Waals surface area contributed by atoms with Gasteiger partial charge in [0.2, 0.25) is 0 Å². The molecule has 16 heavy (non-hydrogen) atoms. The lowest BCUT2D eigenvalue weighted by Gasteiger charge is -2.17. The van der Waals surface area contributed by atoms with Crippen molar-refractivity contribution in [1.82, 2.24) is 0 Å². The molecule has 0 aliphatic carbocycles. The van der Waals surface area contributed by atoms with Crippen molar-refractivity contribution in [3.8, 4) is 0 Å². The van der Waals surface area contributed by atoms with Crippen molar-refractivity contribution in [1.29, 1.82) is 0 Å². The Labute approximate surface area is 105 Å². The van der Waals surface area contributed by atoms with Gasteiger partial charge in [-0.2, -0.15) is 0 Å². The summed E-state index contributed by atoms with van der Waals surface area (Å²) in [5.41, 5.74) is 1.01. The standard InChI is InChI=1S/C11H16BrO3P/c1-4-14-16(13,15-5-2)10-6-7-11(12)9(3)8-10/h6-8H,4-5H2,1-3H3. The van der Waals surface area contributed by atoms with Gasteiger partial charge in [0.1, 0.15) is 0 Å². The summed E-state index contributed by atoms with van der Waals surface area (Å²) in [5, 5.41) is 0.608. The third kappa shape index (κ3) is 3.17. The molecule has 0 atom stereocenters. The van der Waals surface area contributed by atoms with Crippen molar-refractivity contribution >= 4 is 28.8 Å². The van der Waals surface area contributed by atoms with E-state index in [2.05, 4.69) is 15.9 Å². The van der Waals surface area contributed by atoms with E-state index in [1.165, 1.54) is 0 Å². The van der Waals surface area contributed by atoms with Crippen molar-refractivity contribution in [2.75, 3.05) is 13.2 Å². The molecular formula is C11H16BrO3P. The Balaban J connectivity index is 3.11. The van der Waals surface area contributed by atoms with E-state index in [9.17, 15) is 4.57 Å². The van der Waals surface area contributed by atoms with Crippen molar-refractivity contribution < 1.29 is 13.6 Å². The molecule has 0 aromatic heterocycles. The zero-order valence-electron chi connectivity index (χ0n) is 9.70. The zero-order valence-corrected chi connectivity index (χ0v) is 12.2. The van der Waals surface area contributed by atoms with E-state index in [1.807, 2.05) is 19.1 Å². The van der Waals surface area contributed by atoms with Crippen molar-refractivity contribution in [2.45, 2.75) is 20.8 Å². The minimum absolute atomic E-state index is 0.367. The highest BCUT2D eigenvalue weighted by atomic mass is 79.9. The Morgan fingerprint density at radius 2 is 1.81 bits per heavy atom. The van der Waals surface area contributed by atoms with E-state index in [1.54, 1.807) is 19.9 Å². The normalized spacial score (nSPS) is 11.8. The molecule has 0 spiro atoms. The predicted octanol–water partition coefficient (Wildman–Crippen LogP) is 3.65. The summed E-state index contributed by atoms with van der Waals surface area (Å²) in [4.78, 5) is 0. The summed E-state index contributed by atoms with van der Waals surface area (Å²) < 4.78 is 23.9. The number of aryl methyl sites for hydroxylation is 1. The van der Waals surface area contributed by atoms with E-state index in [0.717, 1.165) is 10.0 Å². The van der Waals surface area contributed by atoms with Crippen LogP contribution in [0.1, 0.15) is 19.4 Å². The van der Waals surface area contributed by atoms with E-state index in [-0.39, 0.29) is 0 Å². The molecule has 0 aliphatic rings. The van der Waals surface area contributed by atoms with Gasteiger partial charge in [-0.15, -0.1) is 0 Å². The quantitative estimate of drug-likeness (QED) is 0.779. The van der Waals surface area contributed by atoms with E-state index >= 15 is 0 Å². The average molecular weight is 307 g/mol. The summed E-state index contributed by atoms with van der Waals surface area (Å²) in [5.74, 6) is 0. The summed E-state index contributed by atoms with van der Waals surface area (Å²) in [6.45, 7) is 6.28. The first-order chi connectivity index (χ1) is 7.53. The fourth-order valence-electron chi connectivity index (χ4n) is 1.33. The smallest absolute Gasteiger partial charge is 0.305 e. The van der Waals surface area contributed by atoms with Gasteiger partial charge in [-0.3, -0.25) is 4.57 Å². The Morgan fingerprint density at radius 1 is 1.25 bits per heavy atom. The zero-order chi connectivity index (χ0) is 12.2. The van der Waals surface area contributed by atoms with Crippen LogP contribution in [0.15, 0.2) is 22.7 Å². The molecule has 0 fully saturated rings. The Morgan fingerprint density at radius 3 is 2.25 bits per heavy atom. The van der Waals surface area contributed by atoms with Gasteiger partial charge < -0.3 is 9.05 Å². The molecule has 1 aromatic rings. The second kappa shape index (κ2) is 5.97. The highest BCUT2D eigenvalue weighted by Crippen LogP contribution is 2.47. The lowest BCUT2D eigenvalue weighted by atomic mass is 10.2. The average Bonchev–Trinajstić information content (AvgIpc) is 2.22. The maximum Gasteiger partial charge on any atom is 0.361 e. The first-order valence-corrected chi connectivity index (χ1v) is 7.53. The topological polar surface area (TPSA) is 35.5 Å². The third-order valence-corrected chi connectivity index (χ3v) is 5.05. The molecule has 1 aromatic carbocycles. The summed E-state index contributed by atoms with van der Waals surface area (Å²) in [6.07, 6.45) is 0. The lowest BCUT2D eigenvalue weighted by molar-refractivity contribution is 0.230. The SMILES string of the molecule is CCOP(=O)(OCC)c1ccc(Br)c(C)c1. The van der Waals surface area contributed by atoms with Gasteiger partial charge in [0, 0.05) is 4.47 Å². The van der Waals surface area contributed by atoms with Crippen molar-refractivity contribution in [2.24, 2.45) is 0 Å². The van der Waals surface area contributed by atoms with Crippen LogP contribution in [-0.2, 0) is 13.6 Å². The second-order valence-corrected chi connectivity index (χ2v) is 6.15. The van der Waals surface area contributed by atoms with Crippen LogP contribution in [0.3, 0.4) is 0 Å². The minimum Gasteiger partial charge on any atom is -0.305 e. The molecule has 0 radical (unpaired) electrons. The van der Waals surface area contributed by atoms with Gasteiger partial charge in [0.05, 0.1) is 18.5 Å². The second-order valence-electron chi connectivity index (χ2n) is 3.27. The Kier molecular flexibility index (Phi) is 5.19. The maximum atomic E-state index is 12.4. The Hall–Kier alpha value is -0.150. The number of hydrogen-bond donors (Lipinski definition) is 0. The highest BCUT2D eigenvalue weighted by Gasteiger charge is 2.26. The largest absolute Gasteiger partial charge is 0.361 e. The van der Waals surface area contributed by atoms with Crippen LogP contribution in [0, 0.1) is 6.92 Å². The molecule has 0 unspecified atom stereocenters. The van der Waals surface area contributed by atoms with Crippen molar-refractivity contribution in [3.05, 3.63) is 28.2 Å². The summed E-state index contributed by atoms with van der Waals surface area (Å²) in [6, 6.07) is 5.45. The first-order valence-electron chi connectivity index (χ1n) is 5.19. The molecule has 3 nitrogen and oxygen atoms in total. The van der Waals surface area contributed by atoms with Gasteiger partial charge in [0.25, 0.3) is 0 Å². The molecular weight excluding hydrogens is 291 g/mol. The molecule has 0 amide bonds. The molecule has 0 saturated carbocycles. The molecule has 0 N–H and O–H groups in total. The monoisotopic (exact) mass is 306 g/mol. The van der Waals surface area contributed by atoms with Gasteiger partial charge in [-0.25, -0.2) is 0 Å². The van der Waals surface area contributed by atoms with E-state index in [0.29, 0.717) is 18.5 Å². The lowest BCUT2D eigenvalue weighted by Crippen LogP contribution is -2.11. The van der Waals surface area contributed by atoms with Crippen LogP contribution >= 0.6 is 23.5 Å². The van der Waals surface area contributed by atoms with Gasteiger partial charge in [-0.05, 0) is 44.5 Å². The Bertz CT molecular complexity index is 396. The van der Waals surface area contributed by atoms with Gasteiger partial charge >= 0.3 is 7.60 Å². The summed E-state index contributed by atoms with van der Waals surface area (Å²) >= 11 is 3.40. The molecule has 1 rings (SSSR count). The minimum atomic E-state index is -3.14.